The number of rotatable bonds is 6. The molecule has 0 spiro atoms. The van der Waals surface area contributed by atoms with E-state index in [1.54, 1.807) is 50.8 Å². The topological polar surface area (TPSA) is 76.1 Å². The summed E-state index contributed by atoms with van der Waals surface area (Å²) in [5, 5.41) is 6.58. The van der Waals surface area contributed by atoms with E-state index in [1.165, 1.54) is 0 Å². The molecule has 6 nitrogen and oxygen atoms in total. The maximum Gasteiger partial charge on any atom is 0.229 e. The van der Waals surface area contributed by atoms with Gasteiger partial charge in [0.05, 0.1) is 29.2 Å². The monoisotopic (exact) mass is 464 g/mol. The van der Waals surface area contributed by atoms with Crippen molar-refractivity contribution in [2.75, 3.05) is 31.1 Å². The molecule has 146 valence electrons. The minimum atomic E-state index is -2.56. The Kier molecular flexibility index (Phi) is 6.01. The van der Waals surface area contributed by atoms with Crippen molar-refractivity contribution in [1.82, 2.24) is 9.97 Å². The fourth-order valence-corrected chi connectivity index (χ4v) is 4.31. The van der Waals surface area contributed by atoms with E-state index in [1.807, 2.05) is 12.1 Å². The Morgan fingerprint density at radius 1 is 1.07 bits per heavy atom. The average molecular weight is 465 g/mol. The normalized spacial score (nSPS) is 11.2. The summed E-state index contributed by atoms with van der Waals surface area (Å²) in [7, 11) is -1.01. The Morgan fingerprint density at radius 2 is 1.79 bits per heavy atom. The minimum absolute atomic E-state index is 0.0210. The number of aromatic nitrogens is 2. The van der Waals surface area contributed by atoms with Gasteiger partial charge in [-0.15, -0.1) is 0 Å². The molecule has 0 aliphatic carbocycles. The van der Waals surface area contributed by atoms with Gasteiger partial charge in [0.25, 0.3) is 0 Å². The second-order valence-electron chi connectivity index (χ2n) is 6.33. The molecule has 0 saturated heterocycles. The summed E-state index contributed by atoms with van der Waals surface area (Å²) in [5.74, 6) is 0.123. The summed E-state index contributed by atoms with van der Waals surface area (Å²) in [5.41, 5.74) is 1.17. The second-order valence-corrected chi connectivity index (χ2v) is 10.4. The average Bonchev–Trinajstić information content (AvgIpc) is 2.64. The molecular formula is C19H19BrFN4O2P. The lowest BCUT2D eigenvalue weighted by atomic mass is 10.3. The summed E-state index contributed by atoms with van der Waals surface area (Å²) in [6, 6.07) is 12.5. The molecule has 0 aliphatic rings. The maximum atomic E-state index is 14.3. The number of nitrogens with zero attached hydrogens (tertiary/aromatic N) is 2. The zero-order chi connectivity index (χ0) is 20.3. The van der Waals surface area contributed by atoms with Gasteiger partial charge in [-0.05, 0) is 53.5 Å². The van der Waals surface area contributed by atoms with Gasteiger partial charge in [0, 0.05) is 5.30 Å². The van der Waals surface area contributed by atoms with Gasteiger partial charge in [-0.3, -0.25) is 0 Å². The molecule has 0 atom stereocenters. The Bertz CT molecular complexity index is 1060. The molecule has 28 heavy (non-hydrogen) atoms. The number of methoxy groups -OCH3 is 1. The van der Waals surface area contributed by atoms with Gasteiger partial charge >= 0.3 is 0 Å². The van der Waals surface area contributed by atoms with Crippen molar-refractivity contribution in [2.24, 2.45) is 0 Å². The molecule has 0 bridgehead atoms. The number of halogens is 2. The SMILES string of the molecule is COc1c(Br)cccc1Nc1ncc(F)c(Nc2ccccc2P(C)(C)=O)n1. The number of ether oxygens (including phenoxy) is 1. The smallest absolute Gasteiger partial charge is 0.229 e. The van der Waals surface area contributed by atoms with Gasteiger partial charge in [0.15, 0.2) is 17.4 Å². The van der Waals surface area contributed by atoms with E-state index in [-0.39, 0.29) is 11.8 Å². The first-order valence-corrected chi connectivity index (χ1v) is 11.7. The number of nitrogens with one attached hydrogen (secondary N) is 2. The van der Waals surface area contributed by atoms with Gasteiger partial charge in [-0.2, -0.15) is 4.98 Å². The molecule has 3 aromatic rings. The highest BCUT2D eigenvalue weighted by Crippen LogP contribution is 2.38. The molecule has 0 aliphatic heterocycles. The molecule has 9 heteroatoms. The third-order valence-electron chi connectivity index (χ3n) is 3.90. The Labute approximate surface area is 171 Å². The van der Waals surface area contributed by atoms with Gasteiger partial charge in [0.2, 0.25) is 5.95 Å². The van der Waals surface area contributed by atoms with Crippen molar-refractivity contribution in [2.45, 2.75) is 0 Å². The minimum Gasteiger partial charge on any atom is -0.493 e. The fourth-order valence-electron chi connectivity index (χ4n) is 2.63. The van der Waals surface area contributed by atoms with E-state index < -0.39 is 13.0 Å². The number of hydrogen-bond acceptors (Lipinski definition) is 6. The van der Waals surface area contributed by atoms with Gasteiger partial charge in [-0.1, -0.05) is 18.2 Å². The zero-order valence-corrected chi connectivity index (χ0v) is 18.0. The molecule has 2 aromatic carbocycles. The largest absolute Gasteiger partial charge is 0.493 e. The standard InChI is InChI=1S/C19H19BrFN4O2P/c1-27-17-12(20)7-6-9-15(17)24-19-22-11-13(21)18(25-19)23-14-8-4-5-10-16(14)28(2,3)26/h4-11H,1-3H3,(H2,22,23,24,25). The first kappa shape index (κ1) is 20.3. The van der Waals surface area contributed by atoms with Crippen molar-refractivity contribution >= 4 is 51.5 Å². The highest BCUT2D eigenvalue weighted by atomic mass is 79.9. The van der Waals surface area contributed by atoms with Crippen LogP contribution < -0.4 is 20.7 Å². The van der Waals surface area contributed by atoms with E-state index >= 15 is 0 Å². The van der Waals surface area contributed by atoms with E-state index in [4.69, 9.17) is 4.74 Å². The zero-order valence-electron chi connectivity index (χ0n) is 15.5. The van der Waals surface area contributed by atoms with Gasteiger partial charge < -0.3 is 19.9 Å². The van der Waals surface area contributed by atoms with Crippen LogP contribution >= 0.6 is 23.1 Å². The van der Waals surface area contributed by atoms with Crippen molar-refractivity contribution < 1.29 is 13.7 Å². The number of hydrogen-bond donors (Lipinski definition) is 2. The van der Waals surface area contributed by atoms with Crippen molar-refractivity contribution in [3.8, 4) is 5.75 Å². The number of benzene rings is 2. The molecular weight excluding hydrogens is 446 g/mol. The fraction of sp³-hybridized carbons (Fsp3) is 0.158. The lowest BCUT2D eigenvalue weighted by Crippen LogP contribution is -2.11. The Morgan fingerprint density at radius 3 is 2.50 bits per heavy atom. The predicted molar refractivity (Wildman–Crippen MR) is 115 cm³/mol. The number of para-hydroxylation sites is 2. The third kappa shape index (κ3) is 4.51. The van der Waals surface area contributed by atoms with Crippen LogP contribution in [0.1, 0.15) is 0 Å². The molecule has 0 unspecified atom stereocenters. The van der Waals surface area contributed by atoms with E-state index in [0.717, 1.165) is 10.7 Å². The summed E-state index contributed by atoms with van der Waals surface area (Å²) < 4.78 is 33.0. The molecule has 0 radical (unpaired) electrons. The van der Waals surface area contributed by atoms with Crippen molar-refractivity contribution in [3.05, 3.63) is 59.0 Å². The van der Waals surface area contributed by atoms with Crippen LogP contribution in [0.15, 0.2) is 53.1 Å². The highest BCUT2D eigenvalue weighted by molar-refractivity contribution is 9.10. The summed E-state index contributed by atoms with van der Waals surface area (Å²) in [4.78, 5) is 8.21. The Balaban J connectivity index is 1.94. The molecule has 0 amide bonds. The van der Waals surface area contributed by atoms with Crippen molar-refractivity contribution in [3.63, 3.8) is 0 Å². The number of anilines is 4. The Hall–Kier alpha value is -2.44. The quantitative estimate of drug-likeness (QED) is 0.493. The van der Waals surface area contributed by atoms with Gasteiger partial charge in [-0.25, -0.2) is 9.37 Å². The van der Waals surface area contributed by atoms with Crippen LogP contribution in [0, 0.1) is 5.82 Å². The van der Waals surface area contributed by atoms with Crippen LogP contribution in [0.4, 0.5) is 27.5 Å². The van der Waals surface area contributed by atoms with Crippen LogP contribution in [0.3, 0.4) is 0 Å². The predicted octanol–water partition coefficient (Wildman–Crippen LogP) is 5.12. The summed E-state index contributed by atoms with van der Waals surface area (Å²) in [6.45, 7) is 3.33. The molecule has 2 N–H and O–H groups in total. The molecule has 0 saturated carbocycles. The third-order valence-corrected chi connectivity index (χ3v) is 6.07. The van der Waals surface area contributed by atoms with Gasteiger partial charge in [0.1, 0.15) is 7.14 Å². The first-order chi connectivity index (χ1) is 13.3. The first-order valence-electron chi connectivity index (χ1n) is 8.33. The molecule has 0 fully saturated rings. The molecule has 1 heterocycles. The van der Waals surface area contributed by atoms with E-state index in [9.17, 15) is 8.96 Å². The summed E-state index contributed by atoms with van der Waals surface area (Å²) in [6.07, 6.45) is 1.07. The summed E-state index contributed by atoms with van der Waals surface area (Å²) >= 11 is 3.41. The van der Waals surface area contributed by atoms with Crippen LogP contribution in [-0.4, -0.2) is 30.4 Å². The van der Waals surface area contributed by atoms with E-state index in [2.05, 4.69) is 36.5 Å². The second kappa shape index (κ2) is 8.29. The van der Waals surface area contributed by atoms with Crippen LogP contribution in [0.5, 0.6) is 5.75 Å². The highest BCUT2D eigenvalue weighted by Gasteiger charge is 2.17. The van der Waals surface area contributed by atoms with Crippen molar-refractivity contribution in [1.29, 1.82) is 0 Å². The van der Waals surface area contributed by atoms with Crippen LogP contribution in [0.25, 0.3) is 0 Å². The molecule has 3 rings (SSSR count). The lowest BCUT2D eigenvalue weighted by molar-refractivity contribution is 0.414. The van der Waals surface area contributed by atoms with E-state index in [0.29, 0.717) is 22.4 Å². The lowest BCUT2D eigenvalue weighted by Gasteiger charge is -2.16. The van der Waals surface area contributed by atoms with Crippen LogP contribution in [-0.2, 0) is 4.57 Å². The van der Waals surface area contributed by atoms with Crippen LogP contribution in [0.2, 0.25) is 0 Å². The maximum absolute atomic E-state index is 14.3. The molecule has 1 aromatic heterocycles.